The number of carboxylic acids is 1. The van der Waals surface area contributed by atoms with E-state index in [9.17, 15) is 14.7 Å². The van der Waals surface area contributed by atoms with Gasteiger partial charge in [0.2, 0.25) is 5.43 Å². The van der Waals surface area contributed by atoms with Gasteiger partial charge in [0.05, 0.1) is 22.8 Å². The molecule has 162 valence electrons. The van der Waals surface area contributed by atoms with Crippen LogP contribution in [0.5, 0.6) is 0 Å². The Labute approximate surface area is 175 Å². The van der Waals surface area contributed by atoms with Crippen molar-refractivity contribution >= 4 is 22.6 Å². The van der Waals surface area contributed by atoms with Crippen LogP contribution in [0.4, 0.5) is 14.5 Å². The van der Waals surface area contributed by atoms with Crippen LogP contribution >= 0.6 is 0 Å². The molecule has 2 aromatic heterocycles. The summed E-state index contributed by atoms with van der Waals surface area (Å²) in [5.74, 6) is -2.86. The fraction of sp³-hybridized carbons (Fsp3) is 0.429. The fourth-order valence-corrected chi connectivity index (χ4v) is 4.58. The topological polar surface area (TPSA) is 104 Å². The second-order valence-electron chi connectivity index (χ2n) is 8.30. The van der Waals surface area contributed by atoms with E-state index in [0.29, 0.717) is 25.9 Å². The van der Waals surface area contributed by atoms with E-state index in [0.717, 1.165) is 18.5 Å². The number of aromatic nitrogens is 4. The molecule has 1 saturated carbocycles. The molecular formula is C21H21F2N5O3. The second kappa shape index (κ2) is 7.14. The van der Waals surface area contributed by atoms with E-state index in [2.05, 4.69) is 15.4 Å². The first kappa shape index (κ1) is 19.7. The number of nitrogens with one attached hydrogen (secondary N) is 1. The molecule has 0 atom stereocenters. The van der Waals surface area contributed by atoms with Gasteiger partial charge in [-0.15, -0.1) is 0 Å². The molecule has 0 radical (unpaired) electrons. The Morgan fingerprint density at radius 1 is 1.19 bits per heavy atom. The summed E-state index contributed by atoms with van der Waals surface area (Å²) in [5, 5.41) is 19.8. The Hall–Kier alpha value is -3.30. The summed E-state index contributed by atoms with van der Waals surface area (Å²) in [5.41, 5.74) is -0.675. The van der Waals surface area contributed by atoms with Gasteiger partial charge in [0.15, 0.2) is 11.6 Å². The number of hydrogen-bond donors (Lipinski definition) is 2. The number of carboxylic acid groups (broad SMARTS) is 1. The van der Waals surface area contributed by atoms with Gasteiger partial charge in [0.25, 0.3) is 0 Å². The van der Waals surface area contributed by atoms with E-state index in [1.165, 1.54) is 17.7 Å². The highest BCUT2D eigenvalue weighted by Crippen LogP contribution is 2.41. The molecule has 0 spiro atoms. The first-order valence-electron chi connectivity index (χ1n) is 10.3. The zero-order valence-electron chi connectivity index (χ0n) is 16.9. The van der Waals surface area contributed by atoms with Crippen molar-refractivity contribution in [1.82, 2.24) is 20.0 Å². The average Bonchev–Trinajstić information content (AvgIpc) is 3.45. The van der Waals surface area contributed by atoms with Crippen molar-refractivity contribution in [2.24, 2.45) is 0 Å². The Kier molecular flexibility index (Phi) is 4.53. The van der Waals surface area contributed by atoms with E-state index < -0.39 is 28.6 Å². The average molecular weight is 429 g/mol. The van der Waals surface area contributed by atoms with Crippen LogP contribution in [0.15, 0.2) is 17.2 Å². The molecular weight excluding hydrogens is 408 g/mol. The lowest BCUT2D eigenvalue weighted by Crippen LogP contribution is -2.35. The van der Waals surface area contributed by atoms with Gasteiger partial charge in [0.1, 0.15) is 11.3 Å². The van der Waals surface area contributed by atoms with E-state index in [1.807, 2.05) is 0 Å². The van der Waals surface area contributed by atoms with Crippen molar-refractivity contribution in [3.8, 4) is 0 Å². The number of halogens is 2. The maximum atomic E-state index is 15.8. The number of nitrogens with zero attached hydrogens (tertiary/aromatic N) is 4. The fourth-order valence-electron chi connectivity index (χ4n) is 4.58. The van der Waals surface area contributed by atoms with Crippen molar-refractivity contribution in [2.75, 3.05) is 18.0 Å². The highest BCUT2D eigenvalue weighted by atomic mass is 19.1. The summed E-state index contributed by atoms with van der Waals surface area (Å²) < 4.78 is 32.7. The van der Waals surface area contributed by atoms with Gasteiger partial charge in [-0.25, -0.2) is 13.6 Å². The Balaban J connectivity index is 1.64. The van der Waals surface area contributed by atoms with Gasteiger partial charge in [-0.3, -0.25) is 4.79 Å². The Bertz CT molecular complexity index is 1240. The number of benzene rings is 1. The normalized spacial score (nSPS) is 17.5. The molecule has 31 heavy (non-hydrogen) atoms. The number of aryl methyl sites for hydroxylation is 1. The summed E-state index contributed by atoms with van der Waals surface area (Å²) in [6, 6.07) is -0.0914. The molecule has 3 heterocycles. The van der Waals surface area contributed by atoms with Crippen molar-refractivity contribution in [3.05, 3.63) is 51.1 Å². The highest BCUT2D eigenvalue weighted by Gasteiger charge is 2.33. The smallest absolute Gasteiger partial charge is 0.341 e. The number of rotatable bonds is 4. The third-order valence-electron chi connectivity index (χ3n) is 6.40. The molecule has 2 N–H and O–H groups in total. The molecule has 2 fully saturated rings. The van der Waals surface area contributed by atoms with Gasteiger partial charge < -0.3 is 14.6 Å². The number of aromatic amines is 1. The SMILES string of the molecule is Cc1c(F)c(N2CCC(c3cn[nH]n3)CC2)c(F)c2c1c(=O)c(C(=O)O)cn2C1CC1. The van der Waals surface area contributed by atoms with Crippen LogP contribution in [0.1, 0.15) is 59.3 Å². The molecule has 2 aliphatic rings. The monoisotopic (exact) mass is 429 g/mol. The lowest BCUT2D eigenvalue weighted by molar-refractivity contribution is 0.0695. The number of pyridine rings is 1. The van der Waals surface area contributed by atoms with E-state index in [4.69, 9.17) is 0 Å². The summed E-state index contributed by atoms with van der Waals surface area (Å²) in [6.45, 7) is 2.27. The third-order valence-corrected chi connectivity index (χ3v) is 6.40. The van der Waals surface area contributed by atoms with Gasteiger partial charge in [0, 0.05) is 36.8 Å². The molecule has 1 aliphatic heterocycles. The number of fused-ring (bicyclic) bond motifs is 1. The lowest BCUT2D eigenvalue weighted by atomic mass is 9.93. The van der Waals surface area contributed by atoms with Crippen molar-refractivity contribution in [2.45, 2.75) is 44.6 Å². The molecule has 0 bridgehead atoms. The van der Waals surface area contributed by atoms with Crippen molar-refractivity contribution in [1.29, 1.82) is 0 Å². The van der Waals surface area contributed by atoms with Crippen LogP contribution in [0.25, 0.3) is 10.9 Å². The number of carbonyl (C=O) groups is 1. The number of hydrogen-bond acceptors (Lipinski definition) is 5. The molecule has 0 amide bonds. The third kappa shape index (κ3) is 3.08. The summed E-state index contributed by atoms with van der Waals surface area (Å²) >= 11 is 0. The van der Waals surface area contributed by atoms with Gasteiger partial charge in [-0.2, -0.15) is 15.4 Å². The zero-order chi connectivity index (χ0) is 21.9. The molecule has 0 unspecified atom stereocenters. The zero-order valence-corrected chi connectivity index (χ0v) is 16.9. The molecule has 1 aromatic carbocycles. The molecule has 10 heteroatoms. The molecule has 1 saturated heterocycles. The Morgan fingerprint density at radius 2 is 1.90 bits per heavy atom. The van der Waals surface area contributed by atoms with Crippen LogP contribution in [0.3, 0.4) is 0 Å². The minimum atomic E-state index is -1.40. The predicted octanol–water partition coefficient (Wildman–Crippen LogP) is 3.12. The van der Waals surface area contributed by atoms with E-state index in [1.54, 1.807) is 11.1 Å². The standard InChI is InChI=1S/C21H21F2N5O3/c1-10-15-18(28(12-2-3-12)9-13(20(15)29)21(30)31)17(23)19(16(10)22)27-6-4-11(5-7-27)14-8-24-26-25-14/h8-9,11-12H,2-7H2,1H3,(H,30,31)(H,24,25,26). The van der Waals surface area contributed by atoms with Crippen LogP contribution in [0.2, 0.25) is 0 Å². The minimum absolute atomic E-state index is 0.00924. The summed E-state index contributed by atoms with van der Waals surface area (Å²) in [4.78, 5) is 26.0. The van der Waals surface area contributed by atoms with Crippen LogP contribution < -0.4 is 10.3 Å². The lowest BCUT2D eigenvalue weighted by Gasteiger charge is -2.34. The highest BCUT2D eigenvalue weighted by molar-refractivity contribution is 5.95. The maximum absolute atomic E-state index is 15.8. The number of anilines is 1. The second-order valence-corrected chi connectivity index (χ2v) is 8.30. The number of aromatic carboxylic acids is 1. The molecule has 1 aliphatic carbocycles. The van der Waals surface area contributed by atoms with Crippen LogP contribution in [-0.4, -0.2) is 44.1 Å². The largest absolute Gasteiger partial charge is 0.477 e. The molecule has 8 nitrogen and oxygen atoms in total. The summed E-state index contributed by atoms with van der Waals surface area (Å²) in [6.07, 6.45) is 5.70. The number of H-pyrrole nitrogens is 1. The maximum Gasteiger partial charge on any atom is 0.341 e. The molecule has 3 aromatic rings. The first-order valence-corrected chi connectivity index (χ1v) is 10.3. The van der Waals surface area contributed by atoms with Gasteiger partial charge in [-0.05, 0) is 32.6 Å². The van der Waals surface area contributed by atoms with Crippen molar-refractivity contribution in [3.63, 3.8) is 0 Å². The summed E-state index contributed by atoms with van der Waals surface area (Å²) in [7, 11) is 0. The van der Waals surface area contributed by atoms with E-state index >= 15 is 8.78 Å². The minimum Gasteiger partial charge on any atom is -0.477 e. The molecule has 5 rings (SSSR count). The Morgan fingerprint density at radius 3 is 2.48 bits per heavy atom. The predicted molar refractivity (Wildman–Crippen MR) is 109 cm³/mol. The first-order chi connectivity index (χ1) is 14.9. The van der Waals surface area contributed by atoms with E-state index in [-0.39, 0.29) is 34.1 Å². The van der Waals surface area contributed by atoms with Crippen LogP contribution in [-0.2, 0) is 0 Å². The van der Waals surface area contributed by atoms with Gasteiger partial charge >= 0.3 is 5.97 Å². The quantitative estimate of drug-likeness (QED) is 0.660. The van der Waals surface area contributed by atoms with Crippen LogP contribution in [0, 0.1) is 18.6 Å². The van der Waals surface area contributed by atoms with Crippen molar-refractivity contribution < 1.29 is 18.7 Å². The number of piperidine rings is 1. The van der Waals surface area contributed by atoms with Gasteiger partial charge in [-0.1, -0.05) is 0 Å².